The number of hydrogen-bond donors (Lipinski definition) is 1. The van der Waals surface area contributed by atoms with Crippen molar-refractivity contribution >= 4 is 0 Å². The summed E-state index contributed by atoms with van der Waals surface area (Å²) >= 11 is 0. The average molecular weight is 247 g/mol. The Balaban J connectivity index is 1.94. The van der Waals surface area contributed by atoms with E-state index in [4.69, 9.17) is 4.74 Å². The molecule has 2 heteroatoms. The van der Waals surface area contributed by atoms with Gasteiger partial charge in [0.2, 0.25) is 0 Å². The maximum absolute atomic E-state index is 5.39. The van der Waals surface area contributed by atoms with Gasteiger partial charge in [0.05, 0.1) is 7.11 Å². The molecule has 1 N–H and O–H groups in total. The fraction of sp³-hybridized carbons (Fsp3) is 0.625. The molecule has 0 radical (unpaired) electrons. The van der Waals surface area contributed by atoms with Crippen molar-refractivity contribution in [3.63, 3.8) is 0 Å². The molecule has 18 heavy (non-hydrogen) atoms. The molecule has 0 saturated heterocycles. The van der Waals surface area contributed by atoms with Crippen LogP contribution in [0, 0.1) is 11.8 Å². The van der Waals surface area contributed by atoms with Crippen LogP contribution in [0.4, 0.5) is 0 Å². The van der Waals surface area contributed by atoms with Crippen molar-refractivity contribution in [2.45, 2.75) is 45.7 Å². The first-order valence-corrected chi connectivity index (χ1v) is 7.07. The van der Waals surface area contributed by atoms with Crippen LogP contribution in [0.15, 0.2) is 24.3 Å². The standard InChI is InChI=1S/C16H25NO/c1-12-7-6-9-15(13(12)2)17-11-14-8-4-5-10-16(14)18-3/h4-5,8,10,12-13,15,17H,6-7,9,11H2,1-3H3/t12-,13+,15+/m0/s1. The van der Waals surface area contributed by atoms with Crippen LogP contribution >= 0.6 is 0 Å². The van der Waals surface area contributed by atoms with Crippen molar-refractivity contribution in [2.75, 3.05) is 7.11 Å². The van der Waals surface area contributed by atoms with E-state index in [1.54, 1.807) is 7.11 Å². The van der Waals surface area contributed by atoms with E-state index in [1.165, 1.54) is 24.8 Å². The monoisotopic (exact) mass is 247 g/mol. The number of methoxy groups -OCH3 is 1. The van der Waals surface area contributed by atoms with Crippen LogP contribution in [-0.4, -0.2) is 13.2 Å². The molecule has 0 aromatic heterocycles. The first-order chi connectivity index (χ1) is 8.72. The molecule has 2 rings (SSSR count). The third-order valence-electron chi connectivity index (χ3n) is 4.45. The molecular weight excluding hydrogens is 222 g/mol. The van der Waals surface area contributed by atoms with Crippen LogP contribution in [0.1, 0.15) is 38.7 Å². The Morgan fingerprint density at radius 2 is 2.00 bits per heavy atom. The molecule has 1 aliphatic carbocycles. The average Bonchev–Trinajstić information content (AvgIpc) is 2.41. The lowest BCUT2D eigenvalue weighted by Crippen LogP contribution is -2.40. The van der Waals surface area contributed by atoms with Gasteiger partial charge in [-0.25, -0.2) is 0 Å². The molecule has 100 valence electrons. The molecule has 2 nitrogen and oxygen atoms in total. The van der Waals surface area contributed by atoms with Crippen LogP contribution in [0.25, 0.3) is 0 Å². The molecule has 0 spiro atoms. The van der Waals surface area contributed by atoms with E-state index in [2.05, 4.69) is 31.3 Å². The summed E-state index contributed by atoms with van der Waals surface area (Å²) in [6.45, 7) is 5.66. The van der Waals surface area contributed by atoms with Gasteiger partial charge >= 0.3 is 0 Å². The van der Waals surface area contributed by atoms with Gasteiger partial charge in [0.1, 0.15) is 5.75 Å². The summed E-state index contributed by atoms with van der Waals surface area (Å²) in [6, 6.07) is 8.92. The fourth-order valence-electron chi connectivity index (χ4n) is 2.96. The molecule has 1 aromatic carbocycles. The maximum atomic E-state index is 5.39. The Kier molecular flexibility index (Phi) is 4.65. The Labute approximate surface area is 111 Å². The normalized spacial score (nSPS) is 28.1. The summed E-state index contributed by atoms with van der Waals surface area (Å²) in [5.74, 6) is 2.60. The predicted octanol–water partition coefficient (Wildman–Crippen LogP) is 3.61. The molecule has 0 bridgehead atoms. The van der Waals surface area contributed by atoms with Crippen LogP contribution < -0.4 is 10.1 Å². The Morgan fingerprint density at radius 3 is 2.78 bits per heavy atom. The van der Waals surface area contributed by atoms with Gasteiger partial charge in [-0.1, -0.05) is 44.9 Å². The van der Waals surface area contributed by atoms with Crippen molar-refractivity contribution in [3.8, 4) is 5.75 Å². The van der Waals surface area contributed by atoms with Gasteiger partial charge in [0.15, 0.2) is 0 Å². The van der Waals surface area contributed by atoms with Crippen molar-refractivity contribution < 1.29 is 4.74 Å². The topological polar surface area (TPSA) is 21.3 Å². The SMILES string of the molecule is COc1ccccc1CN[C@@H]1CCC[C@H](C)[C@H]1C. The Bertz CT molecular complexity index is 377. The van der Waals surface area contributed by atoms with E-state index in [9.17, 15) is 0 Å². The highest BCUT2D eigenvalue weighted by Crippen LogP contribution is 2.30. The predicted molar refractivity (Wildman–Crippen MR) is 75.8 cm³/mol. The first-order valence-electron chi connectivity index (χ1n) is 7.07. The van der Waals surface area contributed by atoms with Gasteiger partial charge in [-0.2, -0.15) is 0 Å². The van der Waals surface area contributed by atoms with E-state index in [1.807, 2.05) is 12.1 Å². The van der Waals surface area contributed by atoms with Crippen molar-refractivity contribution in [1.82, 2.24) is 5.32 Å². The second kappa shape index (κ2) is 6.24. The number of nitrogens with one attached hydrogen (secondary N) is 1. The summed E-state index contributed by atoms with van der Waals surface area (Å²) in [5.41, 5.74) is 1.26. The summed E-state index contributed by atoms with van der Waals surface area (Å²) in [7, 11) is 1.74. The van der Waals surface area contributed by atoms with E-state index < -0.39 is 0 Å². The molecule has 0 unspecified atom stereocenters. The van der Waals surface area contributed by atoms with E-state index >= 15 is 0 Å². The van der Waals surface area contributed by atoms with E-state index in [-0.39, 0.29) is 0 Å². The second-order valence-corrected chi connectivity index (χ2v) is 5.57. The molecule has 0 amide bonds. The molecule has 1 fully saturated rings. The van der Waals surface area contributed by atoms with Gasteiger partial charge < -0.3 is 10.1 Å². The number of hydrogen-bond acceptors (Lipinski definition) is 2. The molecule has 0 aliphatic heterocycles. The number of ether oxygens (including phenoxy) is 1. The molecule has 1 saturated carbocycles. The minimum atomic E-state index is 0.652. The third-order valence-corrected chi connectivity index (χ3v) is 4.45. The number of para-hydroxylation sites is 1. The smallest absolute Gasteiger partial charge is 0.123 e. The van der Waals surface area contributed by atoms with Gasteiger partial charge in [-0.15, -0.1) is 0 Å². The quantitative estimate of drug-likeness (QED) is 0.877. The van der Waals surface area contributed by atoms with Crippen LogP contribution in [-0.2, 0) is 6.54 Å². The third kappa shape index (κ3) is 3.05. The lowest BCUT2D eigenvalue weighted by molar-refractivity contribution is 0.205. The number of benzene rings is 1. The zero-order valence-electron chi connectivity index (χ0n) is 11.8. The van der Waals surface area contributed by atoms with Crippen molar-refractivity contribution in [2.24, 2.45) is 11.8 Å². The van der Waals surface area contributed by atoms with Crippen molar-refractivity contribution in [3.05, 3.63) is 29.8 Å². The second-order valence-electron chi connectivity index (χ2n) is 5.57. The number of rotatable bonds is 4. The summed E-state index contributed by atoms with van der Waals surface area (Å²) in [4.78, 5) is 0. The Morgan fingerprint density at radius 1 is 1.22 bits per heavy atom. The van der Waals surface area contributed by atoms with Crippen LogP contribution in [0.3, 0.4) is 0 Å². The molecule has 0 heterocycles. The zero-order valence-corrected chi connectivity index (χ0v) is 11.8. The van der Waals surface area contributed by atoms with Gasteiger partial charge in [0, 0.05) is 18.2 Å². The molecule has 1 aromatic rings. The molecular formula is C16H25NO. The fourth-order valence-corrected chi connectivity index (χ4v) is 2.96. The van der Waals surface area contributed by atoms with Crippen molar-refractivity contribution in [1.29, 1.82) is 0 Å². The van der Waals surface area contributed by atoms with E-state index in [0.29, 0.717) is 6.04 Å². The van der Waals surface area contributed by atoms with E-state index in [0.717, 1.165) is 24.1 Å². The summed E-state index contributed by atoms with van der Waals surface area (Å²) in [6.07, 6.45) is 4.05. The molecule has 3 atom stereocenters. The zero-order chi connectivity index (χ0) is 13.0. The summed E-state index contributed by atoms with van der Waals surface area (Å²) in [5, 5.41) is 3.71. The van der Waals surface area contributed by atoms with Crippen LogP contribution in [0.5, 0.6) is 5.75 Å². The lowest BCUT2D eigenvalue weighted by atomic mass is 9.78. The van der Waals surface area contributed by atoms with Crippen LogP contribution in [0.2, 0.25) is 0 Å². The highest BCUT2D eigenvalue weighted by atomic mass is 16.5. The lowest BCUT2D eigenvalue weighted by Gasteiger charge is -2.35. The highest BCUT2D eigenvalue weighted by Gasteiger charge is 2.26. The highest BCUT2D eigenvalue weighted by molar-refractivity contribution is 5.33. The first kappa shape index (κ1) is 13.4. The summed E-state index contributed by atoms with van der Waals surface area (Å²) < 4.78 is 5.39. The van der Waals surface area contributed by atoms with Gasteiger partial charge in [-0.05, 0) is 24.3 Å². The minimum Gasteiger partial charge on any atom is -0.496 e. The molecule has 1 aliphatic rings. The largest absolute Gasteiger partial charge is 0.496 e. The minimum absolute atomic E-state index is 0.652. The van der Waals surface area contributed by atoms with Gasteiger partial charge in [0.25, 0.3) is 0 Å². The van der Waals surface area contributed by atoms with Gasteiger partial charge in [-0.3, -0.25) is 0 Å². The maximum Gasteiger partial charge on any atom is 0.123 e. The Hall–Kier alpha value is -1.02.